The summed E-state index contributed by atoms with van der Waals surface area (Å²) in [5.41, 5.74) is 2.63. The van der Waals surface area contributed by atoms with E-state index in [-0.39, 0.29) is 0 Å². The van der Waals surface area contributed by atoms with Crippen LogP contribution in [0.5, 0.6) is 0 Å². The minimum Gasteiger partial charge on any atom is -0.368 e. The Hall–Kier alpha value is -1.40. The Labute approximate surface area is 120 Å². The highest BCUT2D eigenvalue weighted by atomic mass is 15.3. The van der Waals surface area contributed by atoms with E-state index in [4.69, 9.17) is 5.84 Å². The maximum absolute atomic E-state index is 5.48. The molecule has 0 aromatic carbocycles. The van der Waals surface area contributed by atoms with Gasteiger partial charge in [-0.1, -0.05) is 0 Å². The maximum Gasteiger partial charge on any atom is 0.145 e. The average molecular weight is 276 g/mol. The lowest BCUT2D eigenvalue weighted by molar-refractivity contribution is 0.257. The number of rotatable bonds is 7. The van der Waals surface area contributed by atoms with Crippen molar-refractivity contribution in [2.45, 2.75) is 50.6 Å². The lowest BCUT2D eigenvalue weighted by atomic mass is 10.3. The third-order valence-electron chi connectivity index (χ3n) is 4.23. The SMILES string of the molecule is CC(CNc1cc(NN)nc(C2CC2)n1)N(C)C1CC1. The van der Waals surface area contributed by atoms with E-state index in [0.717, 1.165) is 24.2 Å². The van der Waals surface area contributed by atoms with Crippen molar-refractivity contribution in [3.63, 3.8) is 0 Å². The zero-order valence-corrected chi connectivity index (χ0v) is 12.3. The summed E-state index contributed by atoms with van der Waals surface area (Å²) in [7, 11) is 2.20. The summed E-state index contributed by atoms with van der Waals surface area (Å²) < 4.78 is 0. The number of anilines is 2. The van der Waals surface area contributed by atoms with Crippen molar-refractivity contribution < 1.29 is 0 Å². The molecule has 0 aliphatic heterocycles. The first kappa shape index (κ1) is 13.6. The molecular formula is C14H24N6. The minimum atomic E-state index is 0.496. The van der Waals surface area contributed by atoms with Gasteiger partial charge in [0.25, 0.3) is 0 Å². The minimum absolute atomic E-state index is 0.496. The van der Waals surface area contributed by atoms with E-state index >= 15 is 0 Å². The molecule has 1 atom stereocenters. The summed E-state index contributed by atoms with van der Waals surface area (Å²) in [4.78, 5) is 11.5. The highest BCUT2D eigenvalue weighted by Gasteiger charge is 2.29. The van der Waals surface area contributed by atoms with Crippen LogP contribution >= 0.6 is 0 Å². The number of hydrazine groups is 1. The van der Waals surface area contributed by atoms with Gasteiger partial charge in [-0.25, -0.2) is 15.8 Å². The van der Waals surface area contributed by atoms with Crippen LogP contribution < -0.4 is 16.6 Å². The fraction of sp³-hybridized carbons (Fsp3) is 0.714. The third-order valence-corrected chi connectivity index (χ3v) is 4.23. The van der Waals surface area contributed by atoms with Gasteiger partial charge in [0.15, 0.2) is 0 Å². The van der Waals surface area contributed by atoms with Crippen LogP contribution in [-0.2, 0) is 0 Å². The quantitative estimate of drug-likeness (QED) is 0.518. The third kappa shape index (κ3) is 3.19. The van der Waals surface area contributed by atoms with Crippen LogP contribution in [0.2, 0.25) is 0 Å². The van der Waals surface area contributed by atoms with Crippen molar-refractivity contribution in [2.75, 3.05) is 24.3 Å². The van der Waals surface area contributed by atoms with Gasteiger partial charge in [-0.15, -0.1) is 0 Å². The number of aromatic nitrogens is 2. The van der Waals surface area contributed by atoms with Gasteiger partial charge in [0.2, 0.25) is 0 Å². The second-order valence-corrected chi connectivity index (χ2v) is 6.04. The van der Waals surface area contributed by atoms with Gasteiger partial charge in [0, 0.05) is 30.6 Å². The Morgan fingerprint density at radius 2 is 2.00 bits per heavy atom. The van der Waals surface area contributed by atoms with E-state index < -0.39 is 0 Å². The maximum atomic E-state index is 5.48. The first-order valence-electron chi connectivity index (χ1n) is 7.48. The van der Waals surface area contributed by atoms with E-state index in [1.807, 2.05) is 6.07 Å². The molecule has 4 N–H and O–H groups in total. The molecule has 1 unspecified atom stereocenters. The number of likely N-dealkylation sites (N-methyl/N-ethyl adjacent to an activating group) is 1. The van der Waals surface area contributed by atoms with Gasteiger partial charge in [-0.2, -0.15) is 0 Å². The highest BCUT2D eigenvalue weighted by molar-refractivity contribution is 5.47. The number of nitrogens with one attached hydrogen (secondary N) is 2. The summed E-state index contributed by atoms with van der Waals surface area (Å²) in [6.07, 6.45) is 5.05. The summed E-state index contributed by atoms with van der Waals surface area (Å²) in [5.74, 6) is 8.47. The Balaban J connectivity index is 1.62. The van der Waals surface area contributed by atoms with Crippen LogP contribution in [0.1, 0.15) is 44.3 Å². The number of nitrogens with two attached hydrogens (primary N) is 1. The van der Waals surface area contributed by atoms with Crippen molar-refractivity contribution in [2.24, 2.45) is 5.84 Å². The van der Waals surface area contributed by atoms with Crippen molar-refractivity contribution in [3.8, 4) is 0 Å². The topological polar surface area (TPSA) is 79.1 Å². The molecule has 0 amide bonds. The predicted molar refractivity (Wildman–Crippen MR) is 80.6 cm³/mol. The van der Waals surface area contributed by atoms with Gasteiger partial charge in [0.1, 0.15) is 17.5 Å². The van der Waals surface area contributed by atoms with Crippen LogP contribution in [0.15, 0.2) is 6.07 Å². The van der Waals surface area contributed by atoms with Gasteiger partial charge in [-0.3, -0.25) is 4.90 Å². The highest BCUT2D eigenvalue weighted by Crippen LogP contribution is 2.38. The summed E-state index contributed by atoms with van der Waals surface area (Å²) in [5, 5.41) is 3.42. The summed E-state index contributed by atoms with van der Waals surface area (Å²) in [6.45, 7) is 3.13. The molecule has 1 heterocycles. The van der Waals surface area contributed by atoms with E-state index in [1.165, 1.54) is 25.7 Å². The number of nitrogen functional groups attached to an aromatic ring is 1. The predicted octanol–water partition coefficient (Wildman–Crippen LogP) is 1.53. The van der Waals surface area contributed by atoms with E-state index in [1.54, 1.807) is 0 Å². The van der Waals surface area contributed by atoms with E-state index in [9.17, 15) is 0 Å². The fourth-order valence-electron chi connectivity index (χ4n) is 2.39. The molecule has 6 heteroatoms. The molecule has 2 saturated carbocycles. The van der Waals surface area contributed by atoms with Crippen LogP contribution in [0, 0.1) is 0 Å². The lowest BCUT2D eigenvalue weighted by Crippen LogP contribution is -2.36. The molecule has 6 nitrogen and oxygen atoms in total. The molecule has 2 aliphatic rings. The van der Waals surface area contributed by atoms with Crippen molar-refractivity contribution >= 4 is 11.6 Å². The molecule has 0 saturated heterocycles. The van der Waals surface area contributed by atoms with Gasteiger partial charge in [-0.05, 0) is 39.7 Å². The molecule has 1 aromatic heterocycles. The zero-order chi connectivity index (χ0) is 14.1. The molecule has 3 rings (SSSR count). The second-order valence-electron chi connectivity index (χ2n) is 6.04. The van der Waals surface area contributed by atoms with Crippen LogP contribution in [0.3, 0.4) is 0 Å². The lowest BCUT2D eigenvalue weighted by Gasteiger charge is -2.25. The molecule has 2 aliphatic carbocycles. The van der Waals surface area contributed by atoms with Crippen LogP contribution in [0.4, 0.5) is 11.6 Å². The molecule has 0 radical (unpaired) electrons. The van der Waals surface area contributed by atoms with E-state index in [2.05, 4.69) is 39.6 Å². The Kier molecular flexibility index (Phi) is 3.76. The molecular weight excluding hydrogens is 252 g/mol. The largest absolute Gasteiger partial charge is 0.368 e. The van der Waals surface area contributed by atoms with Crippen LogP contribution in [0.25, 0.3) is 0 Å². The smallest absolute Gasteiger partial charge is 0.145 e. The first-order valence-corrected chi connectivity index (χ1v) is 7.48. The zero-order valence-electron chi connectivity index (χ0n) is 12.3. The van der Waals surface area contributed by atoms with Crippen molar-refractivity contribution in [1.29, 1.82) is 0 Å². The normalized spacial score (nSPS) is 20.0. The summed E-state index contributed by atoms with van der Waals surface area (Å²) >= 11 is 0. The number of hydrogen-bond donors (Lipinski definition) is 3. The first-order chi connectivity index (χ1) is 9.67. The number of hydrogen-bond acceptors (Lipinski definition) is 6. The van der Waals surface area contributed by atoms with Crippen molar-refractivity contribution in [3.05, 3.63) is 11.9 Å². The van der Waals surface area contributed by atoms with Crippen molar-refractivity contribution in [1.82, 2.24) is 14.9 Å². The molecule has 1 aromatic rings. The monoisotopic (exact) mass is 276 g/mol. The average Bonchev–Trinajstić information content (AvgIpc) is 3.33. The molecule has 0 bridgehead atoms. The summed E-state index contributed by atoms with van der Waals surface area (Å²) in [6, 6.07) is 3.15. The van der Waals surface area contributed by atoms with Gasteiger partial charge >= 0.3 is 0 Å². The fourth-order valence-corrected chi connectivity index (χ4v) is 2.39. The molecule has 20 heavy (non-hydrogen) atoms. The number of nitrogens with zero attached hydrogens (tertiary/aromatic N) is 3. The van der Waals surface area contributed by atoms with Gasteiger partial charge in [0.05, 0.1) is 0 Å². The van der Waals surface area contributed by atoms with E-state index in [0.29, 0.717) is 17.8 Å². The van der Waals surface area contributed by atoms with Crippen LogP contribution in [-0.4, -0.2) is 40.5 Å². The second kappa shape index (κ2) is 5.54. The standard InChI is InChI=1S/C14H24N6/c1-9(20(2)11-5-6-11)8-16-12-7-13(19-15)18-14(17-12)10-3-4-10/h7,9-11H,3-6,8,15H2,1-2H3,(H2,16,17,18,19). The molecule has 2 fully saturated rings. The molecule has 0 spiro atoms. The Bertz CT molecular complexity index is 469. The Morgan fingerprint density at radius 1 is 1.30 bits per heavy atom. The van der Waals surface area contributed by atoms with Gasteiger partial charge < -0.3 is 10.7 Å². The Morgan fingerprint density at radius 3 is 2.60 bits per heavy atom. The molecule has 110 valence electrons.